The van der Waals surface area contributed by atoms with Gasteiger partial charge in [0.1, 0.15) is 13.1 Å². The number of nitrogens with zero attached hydrogens (tertiary/aromatic N) is 2. The average Bonchev–Trinajstić information content (AvgIpc) is 2.85. The molecule has 0 spiro atoms. The van der Waals surface area contributed by atoms with Gasteiger partial charge in [0.05, 0.1) is 41.3 Å². The zero-order valence-corrected chi connectivity index (χ0v) is 27.0. The molecule has 0 heterocycles. The van der Waals surface area contributed by atoms with Gasteiger partial charge in [-0.2, -0.15) is 0 Å². The highest BCUT2D eigenvalue weighted by molar-refractivity contribution is 5.81. The lowest BCUT2D eigenvalue weighted by Gasteiger charge is -2.37. The zero-order valence-electron chi connectivity index (χ0n) is 27.0. The van der Waals surface area contributed by atoms with Crippen molar-refractivity contribution in [2.75, 3.05) is 54.4 Å². The van der Waals surface area contributed by atoms with Gasteiger partial charge < -0.3 is 13.7 Å². The summed E-state index contributed by atoms with van der Waals surface area (Å²) in [6.45, 7) is 12.2. The Morgan fingerprint density at radius 1 is 0.579 bits per heavy atom. The van der Waals surface area contributed by atoms with Gasteiger partial charge in [-0.15, -0.1) is 0 Å². The van der Waals surface area contributed by atoms with Crippen molar-refractivity contribution in [2.24, 2.45) is 0 Å². The summed E-state index contributed by atoms with van der Waals surface area (Å²) in [4.78, 5) is 12.1. The Morgan fingerprint density at radius 2 is 0.868 bits per heavy atom. The molecule has 4 nitrogen and oxygen atoms in total. The number of hydrogen-bond donors (Lipinski definition) is 0. The van der Waals surface area contributed by atoms with Crippen molar-refractivity contribution in [3.05, 3.63) is 12.7 Å². The van der Waals surface area contributed by atoms with Crippen LogP contribution >= 0.6 is 0 Å². The number of hydrogen-bond acceptors (Lipinski definition) is 2. The number of carbonyl (C=O) groups excluding carboxylic acids is 1. The third-order valence-electron chi connectivity index (χ3n) is 8.08. The fourth-order valence-corrected chi connectivity index (χ4v) is 5.68. The molecule has 0 aliphatic heterocycles. The molecule has 0 amide bonds. The highest BCUT2D eigenvalue weighted by Gasteiger charge is 2.30. The smallest absolute Gasteiger partial charge is 0.330 e. The van der Waals surface area contributed by atoms with E-state index >= 15 is 0 Å². The minimum Gasteiger partial charge on any atom is -0.447 e. The highest BCUT2D eigenvalue weighted by atomic mass is 16.5. The predicted molar refractivity (Wildman–Crippen MR) is 167 cm³/mol. The standard InChI is InChI=1S/C34H70N2O2/c1-8-11-13-15-17-19-21-23-25-27-29-35(4,5)31-33(38-34(37)10-3)32-36(6,7)30-28-26-24-22-20-18-16-14-12-9-2/h10,33H,3,8-9,11-32H2,1-2,4-7H3/q+2. The van der Waals surface area contributed by atoms with Crippen LogP contribution in [0.15, 0.2) is 12.7 Å². The number of likely N-dealkylation sites (N-methyl/N-ethyl adjacent to an activating group) is 2. The van der Waals surface area contributed by atoms with E-state index in [1.165, 1.54) is 134 Å². The summed E-state index contributed by atoms with van der Waals surface area (Å²) in [6.07, 6.45) is 28.5. The van der Waals surface area contributed by atoms with E-state index in [9.17, 15) is 4.79 Å². The average molecular weight is 539 g/mol. The maximum atomic E-state index is 12.1. The SMILES string of the molecule is C=CC(=O)OC(C[N+](C)(C)CCCCCCCCCCCC)C[N+](C)(C)CCCCCCCCCCCC. The lowest BCUT2D eigenvalue weighted by atomic mass is 10.1. The van der Waals surface area contributed by atoms with Crippen LogP contribution in [-0.4, -0.2) is 75.4 Å². The monoisotopic (exact) mass is 539 g/mol. The molecule has 0 bridgehead atoms. The van der Waals surface area contributed by atoms with Crippen LogP contribution in [0.2, 0.25) is 0 Å². The molecule has 0 rings (SSSR count). The minimum absolute atomic E-state index is 0.0725. The molecule has 226 valence electrons. The normalized spacial score (nSPS) is 12.3. The number of esters is 1. The van der Waals surface area contributed by atoms with E-state index in [0.717, 1.165) is 35.1 Å². The first-order chi connectivity index (χ1) is 18.2. The van der Waals surface area contributed by atoms with E-state index in [1.807, 2.05) is 0 Å². The molecule has 0 saturated carbocycles. The molecule has 0 N–H and O–H groups in total. The van der Waals surface area contributed by atoms with Crippen LogP contribution < -0.4 is 0 Å². The van der Waals surface area contributed by atoms with Crippen LogP contribution in [0, 0.1) is 0 Å². The fraction of sp³-hybridized carbons (Fsp3) is 0.912. The topological polar surface area (TPSA) is 26.3 Å². The van der Waals surface area contributed by atoms with Gasteiger partial charge in [0.15, 0.2) is 6.10 Å². The lowest BCUT2D eigenvalue weighted by Crippen LogP contribution is -2.54. The summed E-state index contributed by atoms with van der Waals surface area (Å²) in [5.74, 6) is -0.284. The van der Waals surface area contributed by atoms with E-state index in [4.69, 9.17) is 4.74 Å². The molecule has 0 atom stereocenters. The molecular weight excluding hydrogens is 468 g/mol. The second-order valence-electron chi connectivity index (χ2n) is 13.3. The maximum absolute atomic E-state index is 12.1. The first kappa shape index (κ1) is 37.1. The van der Waals surface area contributed by atoms with Crippen LogP contribution in [0.25, 0.3) is 0 Å². The molecule has 0 fully saturated rings. The van der Waals surface area contributed by atoms with Crippen molar-refractivity contribution in [1.82, 2.24) is 0 Å². The number of unbranched alkanes of at least 4 members (excludes halogenated alkanes) is 18. The van der Waals surface area contributed by atoms with Crippen molar-refractivity contribution in [1.29, 1.82) is 0 Å². The van der Waals surface area contributed by atoms with E-state index in [1.54, 1.807) is 0 Å². The Morgan fingerprint density at radius 3 is 1.16 bits per heavy atom. The highest BCUT2D eigenvalue weighted by Crippen LogP contribution is 2.16. The molecule has 0 radical (unpaired) electrons. The summed E-state index contributed by atoms with van der Waals surface area (Å²) >= 11 is 0. The van der Waals surface area contributed by atoms with E-state index < -0.39 is 0 Å². The van der Waals surface area contributed by atoms with Gasteiger partial charge in [-0.25, -0.2) is 4.79 Å². The molecule has 0 aromatic carbocycles. The fourth-order valence-electron chi connectivity index (χ4n) is 5.68. The Kier molecular flexibility index (Phi) is 23.4. The number of ether oxygens (including phenoxy) is 1. The predicted octanol–water partition coefficient (Wildman–Crippen LogP) is 9.08. The van der Waals surface area contributed by atoms with Gasteiger partial charge in [0.2, 0.25) is 0 Å². The van der Waals surface area contributed by atoms with E-state index in [0.29, 0.717) is 0 Å². The minimum atomic E-state index is -0.284. The Bertz CT molecular complexity index is 521. The first-order valence-electron chi connectivity index (χ1n) is 16.6. The van der Waals surface area contributed by atoms with E-state index in [2.05, 4.69) is 48.6 Å². The van der Waals surface area contributed by atoms with Crippen LogP contribution in [-0.2, 0) is 9.53 Å². The number of quaternary nitrogens is 2. The Labute approximate surface area is 239 Å². The summed E-state index contributed by atoms with van der Waals surface area (Å²) in [5.41, 5.74) is 0. The lowest BCUT2D eigenvalue weighted by molar-refractivity contribution is -0.914. The number of rotatable bonds is 28. The molecule has 0 aliphatic carbocycles. The second-order valence-corrected chi connectivity index (χ2v) is 13.3. The molecule has 38 heavy (non-hydrogen) atoms. The number of carbonyl (C=O) groups is 1. The third kappa shape index (κ3) is 24.2. The van der Waals surface area contributed by atoms with E-state index in [-0.39, 0.29) is 12.1 Å². The first-order valence-corrected chi connectivity index (χ1v) is 16.6. The Balaban J connectivity index is 4.32. The van der Waals surface area contributed by atoms with Gasteiger partial charge in [-0.05, 0) is 25.7 Å². The summed E-state index contributed by atoms with van der Waals surface area (Å²) < 4.78 is 7.70. The van der Waals surface area contributed by atoms with Gasteiger partial charge in [-0.3, -0.25) is 0 Å². The van der Waals surface area contributed by atoms with Crippen molar-refractivity contribution in [2.45, 2.75) is 148 Å². The van der Waals surface area contributed by atoms with Gasteiger partial charge in [0, 0.05) is 6.08 Å². The van der Waals surface area contributed by atoms with Crippen LogP contribution in [0.3, 0.4) is 0 Å². The molecule has 0 saturated heterocycles. The largest absolute Gasteiger partial charge is 0.447 e. The molecule has 4 heteroatoms. The molecular formula is C34H70N2O2+2. The summed E-state index contributed by atoms with van der Waals surface area (Å²) in [7, 11) is 9.19. The molecule has 0 aromatic heterocycles. The molecule has 0 aromatic rings. The van der Waals surface area contributed by atoms with Gasteiger partial charge in [0.25, 0.3) is 0 Å². The van der Waals surface area contributed by atoms with Crippen molar-refractivity contribution in [3.63, 3.8) is 0 Å². The van der Waals surface area contributed by atoms with Crippen LogP contribution in [0.5, 0.6) is 0 Å². The quantitative estimate of drug-likeness (QED) is 0.0430. The van der Waals surface area contributed by atoms with Crippen LogP contribution in [0.4, 0.5) is 0 Å². The summed E-state index contributed by atoms with van der Waals surface area (Å²) in [6, 6.07) is 0. The zero-order chi connectivity index (χ0) is 28.5. The second kappa shape index (κ2) is 24.0. The maximum Gasteiger partial charge on any atom is 0.330 e. The molecule has 0 aliphatic rings. The van der Waals surface area contributed by atoms with Crippen molar-refractivity contribution in [3.8, 4) is 0 Å². The third-order valence-corrected chi connectivity index (χ3v) is 8.08. The van der Waals surface area contributed by atoms with Crippen molar-refractivity contribution >= 4 is 5.97 Å². The van der Waals surface area contributed by atoms with Gasteiger partial charge >= 0.3 is 5.97 Å². The Hall–Kier alpha value is -0.870. The van der Waals surface area contributed by atoms with Gasteiger partial charge in [-0.1, -0.05) is 123 Å². The molecule has 0 unspecified atom stereocenters. The summed E-state index contributed by atoms with van der Waals surface area (Å²) in [5, 5.41) is 0. The van der Waals surface area contributed by atoms with Crippen LogP contribution in [0.1, 0.15) is 142 Å². The van der Waals surface area contributed by atoms with Crippen molar-refractivity contribution < 1.29 is 18.5 Å².